The van der Waals surface area contributed by atoms with Gasteiger partial charge in [-0.3, -0.25) is 0 Å². The summed E-state index contributed by atoms with van der Waals surface area (Å²) < 4.78 is 10.6. The monoisotopic (exact) mass is 251 g/mol. The van der Waals surface area contributed by atoms with E-state index in [1.807, 2.05) is 6.07 Å². The van der Waals surface area contributed by atoms with Crippen LogP contribution in [-0.2, 0) is 10.3 Å². The summed E-state index contributed by atoms with van der Waals surface area (Å²) in [4.78, 5) is 15.3. The van der Waals surface area contributed by atoms with Gasteiger partial charge in [0.1, 0.15) is 0 Å². The highest BCUT2D eigenvalue weighted by molar-refractivity contribution is 5.65. The zero-order chi connectivity index (χ0) is 13.0. The summed E-state index contributed by atoms with van der Waals surface area (Å²) in [6, 6.07) is 3.64. The standard InChI is InChI=1S/C12H17N3O3/c1-17-10-9(4-2-7-15-10)12(18-11(13)16)5-3-6-14-8-12/h2,4,7,14H,3,5-6,8H2,1H3,(H2,13,16). The summed E-state index contributed by atoms with van der Waals surface area (Å²) in [6.45, 7) is 1.41. The van der Waals surface area contributed by atoms with Crippen molar-refractivity contribution in [1.29, 1.82) is 0 Å². The maximum Gasteiger partial charge on any atom is 0.405 e. The number of piperidine rings is 1. The van der Waals surface area contributed by atoms with Crippen LogP contribution in [0.4, 0.5) is 4.79 Å². The third-order valence-corrected chi connectivity index (χ3v) is 3.10. The first kappa shape index (κ1) is 12.6. The van der Waals surface area contributed by atoms with Gasteiger partial charge in [0.05, 0.1) is 12.7 Å². The van der Waals surface area contributed by atoms with Crippen LogP contribution in [0.1, 0.15) is 18.4 Å². The molecule has 1 unspecified atom stereocenters. The lowest BCUT2D eigenvalue weighted by Gasteiger charge is -2.37. The first-order valence-corrected chi connectivity index (χ1v) is 5.86. The van der Waals surface area contributed by atoms with Crippen LogP contribution in [0.5, 0.6) is 5.88 Å². The molecule has 2 rings (SSSR count). The Morgan fingerprint density at radius 2 is 2.44 bits per heavy atom. The Labute approximate surface area is 105 Å². The third-order valence-electron chi connectivity index (χ3n) is 3.10. The Hall–Kier alpha value is -1.82. The van der Waals surface area contributed by atoms with Crippen molar-refractivity contribution in [2.24, 2.45) is 5.73 Å². The Bertz CT molecular complexity index is 430. The van der Waals surface area contributed by atoms with Gasteiger partial charge in [-0.15, -0.1) is 0 Å². The number of nitrogens with zero attached hydrogens (tertiary/aromatic N) is 1. The SMILES string of the molecule is COc1ncccc1C1(OC(N)=O)CCCNC1. The largest absolute Gasteiger partial charge is 0.481 e. The van der Waals surface area contributed by atoms with E-state index in [0.717, 1.165) is 18.5 Å². The Morgan fingerprint density at radius 1 is 1.61 bits per heavy atom. The van der Waals surface area contributed by atoms with E-state index in [-0.39, 0.29) is 0 Å². The molecule has 6 heteroatoms. The molecule has 1 fully saturated rings. The molecule has 3 N–H and O–H groups in total. The minimum absolute atomic E-state index is 0.461. The van der Waals surface area contributed by atoms with Crippen molar-refractivity contribution in [2.75, 3.05) is 20.2 Å². The molecule has 1 aromatic heterocycles. The number of primary amides is 1. The fraction of sp³-hybridized carbons (Fsp3) is 0.500. The molecule has 1 aliphatic rings. The second-order valence-electron chi connectivity index (χ2n) is 4.26. The number of hydrogen-bond acceptors (Lipinski definition) is 5. The highest BCUT2D eigenvalue weighted by Crippen LogP contribution is 2.36. The van der Waals surface area contributed by atoms with Crippen molar-refractivity contribution in [1.82, 2.24) is 10.3 Å². The predicted octanol–water partition coefficient (Wildman–Crippen LogP) is 0.764. The lowest BCUT2D eigenvalue weighted by Crippen LogP contribution is -2.47. The van der Waals surface area contributed by atoms with Gasteiger partial charge in [0, 0.05) is 12.7 Å². The number of amides is 1. The van der Waals surface area contributed by atoms with Gasteiger partial charge in [0.2, 0.25) is 5.88 Å². The third kappa shape index (κ3) is 2.38. The van der Waals surface area contributed by atoms with E-state index < -0.39 is 11.7 Å². The number of carbonyl (C=O) groups is 1. The zero-order valence-electron chi connectivity index (χ0n) is 10.3. The van der Waals surface area contributed by atoms with Gasteiger partial charge in [-0.2, -0.15) is 0 Å². The molecule has 1 amide bonds. The van der Waals surface area contributed by atoms with Crippen LogP contribution in [0.15, 0.2) is 18.3 Å². The molecule has 1 aliphatic heterocycles. The first-order chi connectivity index (χ1) is 8.68. The van der Waals surface area contributed by atoms with Crippen molar-refractivity contribution in [3.8, 4) is 5.88 Å². The van der Waals surface area contributed by atoms with E-state index in [1.54, 1.807) is 19.4 Å². The number of ether oxygens (including phenoxy) is 2. The van der Waals surface area contributed by atoms with Crippen LogP contribution in [0, 0.1) is 0 Å². The zero-order valence-corrected chi connectivity index (χ0v) is 10.3. The van der Waals surface area contributed by atoms with E-state index in [0.29, 0.717) is 18.8 Å². The lowest BCUT2D eigenvalue weighted by atomic mass is 9.87. The fourth-order valence-electron chi connectivity index (χ4n) is 2.34. The molecule has 1 aromatic rings. The molecule has 6 nitrogen and oxygen atoms in total. The van der Waals surface area contributed by atoms with Gasteiger partial charge in [-0.25, -0.2) is 9.78 Å². The topological polar surface area (TPSA) is 86.5 Å². The summed E-state index contributed by atoms with van der Waals surface area (Å²) in [6.07, 6.45) is 2.44. The number of methoxy groups -OCH3 is 1. The molecule has 0 saturated carbocycles. The van der Waals surface area contributed by atoms with E-state index in [2.05, 4.69) is 10.3 Å². The molecule has 18 heavy (non-hydrogen) atoms. The van der Waals surface area contributed by atoms with Crippen LogP contribution in [0.3, 0.4) is 0 Å². The number of aromatic nitrogens is 1. The summed E-state index contributed by atoms with van der Waals surface area (Å²) in [5.74, 6) is 0.461. The number of nitrogens with one attached hydrogen (secondary N) is 1. The van der Waals surface area contributed by atoms with E-state index in [4.69, 9.17) is 15.2 Å². The maximum atomic E-state index is 11.2. The van der Waals surface area contributed by atoms with Crippen molar-refractivity contribution >= 4 is 6.09 Å². The summed E-state index contributed by atoms with van der Waals surface area (Å²) in [5, 5.41) is 3.21. The fourth-order valence-corrected chi connectivity index (χ4v) is 2.34. The highest BCUT2D eigenvalue weighted by Gasteiger charge is 2.40. The van der Waals surface area contributed by atoms with Crippen molar-refractivity contribution < 1.29 is 14.3 Å². The first-order valence-electron chi connectivity index (χ1n) is 5.86. The second kappa shape index (κ2) is 5.22. The van der Waals surface area contributed by atoms with Gasteiger partial charge < -0.3 is 20.5 Å². The normalized spacial score (nSPS) is 23.4. The molecular formula is C12H17N3O3. The van der Waals surface area contributed by atoms with Gasteiger partial charge >= 0.3 is 6.09 Å². The number of rotatable bonds is 3. The Kier molecular flexibility index (Phi) is 3.66. The van der Waals surface area contributed by atoms with E-state index in [1.165, 1.54) is 0 Å². The molecule has 1 saturated heterocycles. The van der Waals surface area contributed by atoms with Gasteiger partial charge in [-0.1, -0.05) is 0 Å². The average Bonchev–Trinajstić information content (AvgIpc) is 2.39. The van der Waals surface area contributed by atoms with E-state index >= 15 is 0 Å². The molecule has 1 atom stereocenters. The van der Waals surface area contributed by atoms with Crippen molar-refractivity contribution in [3.63, 3.8) is 0 Å². The lowest BCUT2D eigenvalue weighted by molar-refractivity contribution is -0.00782. The second-order valence-corrected chi connectivity index (χ2v) is 4.26. The van der Waals surface area contributed by atoms with Crippen LogP contribution < -0.4 is 15.8 Å². The van der Waals surface area contributed by atoms with Crippen LogP contribution in [0.2, 0.25) is 0 Å². The van der Waals surface area contributed by atoms with Crippen LogP contribution in [-0.4, -0.2) is 31.3 Å². The van der Waals surface area contributed by atoms with Gasteiger partial charge in [-0.05, 0) is 31.5 Å². The molecule has 0 bridgehead atoms. The van der Waals surface area contributed by atoms with Gasteiger partial charge in [0.15, 0.2) is 5.60 Å². The molecule has 0 radical (unpaired) electrons. The summed E-state index contributed by atoms with van der Waals surface area (Å²) in [7, 11) is 1.54. The Morgan fingerprint density at radius 3 is 3.06 bits per heavy atom. The highest BCUT2D eigenvalue weighted by atomic mass is 16.6. The molecule has 98 valence electrons. The van der Waals surface area contributed by atoms with Crippen molar-refractivity contribution in [3.05, 3.63) is 23.9 Å². The van der Waals surface area contributed by atoms with Crippen LogP contribution in [0.25, 0.3) is 0 Å². The molecule has 0 aromatic carbocycles. The minimum atomic E-state index is -0.788. The number of pyridine rings is 1. The van der Waals surface area contributed by atoms with Gasteiger partial charge in [0.25, 0.3) is 0 Å². The number of nitrogens with two attached hydrogens (primary N) is 1. The molecule has 0 aliphatic carbocycles. The molecular weight excluding hydrogens is 234 g/mol. The number of hydrogen-bond donors (Lipinski definition) is 2. The van der Waals surface area contributed by atoms with E-state index in [9.17, 15) is 4.79 Å². The maximum absolute atomic E-state index is 11.2. The summed E-state index contributed by atoms with van der Waals surface area (Å²) in [5.41, 5.74) is 5.15. The van der Waals surface area contributed by atoms with Crippen molar-refractivity contribution in [2.45, 2.75) is 18.4 Å². The summed E-state index contributed by atoms with van der Waals surface area (Å²) >= 11 is 0. The van der Waals surface area contributed by atoms with Crippen LogP contribution >= 0.6 is 0 Å². The Balaban J connectivity index is 2.41. The molecule has 2 heterocycles. The number of carbonyl (C=O) groups excluding carboxylic acids is 1. The minimum Gasteiger partial charge on any atom is -0.481 e. The quantitative estimate of drug-likeness (QED) is 0.828. The molecule has 0 spiro atoms. The average molecular weight is 251 g/mol. The predicted molar refractivity (Wildman–Crippen MR) is 65.2 cm³/mol. The smallest absolute Gasteiger partial charge is 0.405 e.